The molecular weight excluding hydrogens is 307 g/mol. The van der Waals surface area contributed by atoms with Crippen LogP contribution in [0.3, 0.4) is 0 Å². The summed E-state index contributed by atoms with van der Waals surface area (Å²) in [7, 11) is 0.970. The van der Waals surface area contributed by atoms with E-state index in [2.05, 4.69) is 4.90 Å². The Morgan fingerprint density at radius 3 is 2.67 bits per heavy atom. The van der Waals surface area contributed by atoms with Gasteiger partial charge in [-0.15, -0.1) is 0 Å². The van der Waals surface area contributed by atoms with Gasteiger partial charge in [-0.3, -0.25) is 4.90 Å². The number of phenols is 1. The molecule has 0 spiro atoms. The van der Waals surface area contributed by atoms with Gasteiger partial charge in [0.1, 0.15) is 30.4 Å². The minimum absolute atomic E-state index is 0.0170. The first kappa shape index (κ1) is 15.8. The molecule has 1 unspecified atom stereocenters. The first-order valence-corrected chi connectivity index (χ1v) is 8.57. The van der Waals surface area contributed by atoms with Gasteiger partial charge in [-0.05, 0) is 29.8 Å². The van der Waals surface area contributed by atoms with Gasteiger partial charge in [-0.1, -0.05) is 19.3 Å². The summed E-state index contributed by atoms with van der Waals surface area (Å²) in [6, 6.07) is 3.50. The molecule has 3 fully saturated rings. The number of aromatic carboxylic acids is 1. The Morgan fingerprint density at radius 2 is 2.12 bits per heavy atom. The Kier molecular flexibility index (Phi) is 3.38. The summed E-state index contributed by atoms with van der Waals surface area (Å²) in [5.41, 5.74) is 6.69. The van der Waals surface area contributed by atoms with Crippen molar-refractivity contribution in [1.82, 2.24) is 4.90 Å². The van der Waals surface area contributed by atoms with Crippen LogP contribution < -0.4 is 10.5 Å². The van der Waals surface area contributed by atoms with Crippen molar-refractivity contribution < 1.29 is 19.7 Å². The van der Waals surface area contributed by atoms with Crippen molar-refractivity contribution in [2.45, 2.75) is 43.0 Å². The number of aromatic hydroxyl groups is 1. The number of rotatable bonds is 6. The maximum atomic E-state index is 11.6. The largest absolute Gasteiger partial charge is 0.507 e. The van der Waals surface area contributed by atoms with E-state index < -0.39 is 5.97 Å². The number of hydrogen-bond donors (Lipinski definition) is 3. The van der Waals surface area contributed by atoms with Gasteiger partial charge in [0.2, 0.25) is 0 Å². The summed E-state index contributed by atoms with van der Waals surface area (Å²) in [6.45, 7) is 4.41. The fourth-order valence-corrected chi connectivity index (χ4v) is 3.49. The number of benzene rings is 1. The van der Waals surface area contributed by atoms with Gasteiger partial charge in [0.25, 0.3) is 0 Å². The Hall–Kier alpha value is -1.73. The maximum absolute atomic E-state index is 11.6. The van der Waals surface area contributed by atoms with Crippen LogP contribution in [0.1, 0.15) is 35.7 Å². The van der Waals surface area contributed by atoms with Crippen LogP contribution in [0.15, 0.2) is 12.1 Å². The lowest BCUT2D eigenvalue weighted by Crippen LogP contribution is -2.57. The highest BCUT2D eigenvalue weighted by Crippen LogP contribution is 2.47. The highest BCUT2D eigenvalue weighted by Gasteiger charge is 2.45. The summed E-state index contributed by atoms with van der Waals surface area (Å²) < 4.78 is 5.85. The topological polar surface area (TPSA) is 96.0 Å². The second kappa shape index (κ2) is 5.13. The molecule has 1 aromatic rings. The van der Waals surface area contributed by atoms with E-state index in [0.29, 0.717) is 5.56 Å². The fourth-order valence-electron chi connectivity index (χ4n) is 3.49. The second-order valence-corrected chi connectivity index (χ2v) is 8.00. The molecule has 128 valence electrons. The van der Waals surface area contributed by atoms with Crippen molar-refractivity contribution in [3.05, 3.63) is 23.3 Å². The highest BCUT2D eigenvalue weighted by atomic mass is 16.5. The standard InChI is InChI=1S/C17H23BN2O4/c1-16(8-18-16)11-2-3-12(13(14(11)21)15(22)23)24-10-6-20(7-10)9-17(19)4-5-17/h2-3,10,18,21H,4-9,19H2,1H3,(H,22,23). The van der Waals surface area contributed by atoms with E-state index in [9.17, 15) is 15.0 Å². The summed E-state index contributed by atoms with van der Waals surface area (Å²) in [4.78, 5) is 13.9. The molecule has 2 saturated heterocycles. The highest BCUT2D eigenvalue weighted by molar-refractivity contribution is 6.54. The van der Waals surface area contributed by atoms with Crippen LogP contribution in [-0.4, -0.2) is 59.6 Å². The number of carbonyl (C=O) groups is 1. The minimum atomic E-state index is -1.15. The molecule has 3 aliphatic rings. The monoisotopic (exact) mass is 330 g/mol. The first-order valence-electron chi connectivity index (χ1n) is 8.57. The van der Waals surface area contributed by atoms with E-state index in [-0.39, 0.29) is 34.0 Å². The third kappa shape index (κ3) is 2.76. The predicted molar refractivity (Wildman–Crippen MR) is 91.4 cm³/mol. The van der Waals surface area contributed by atoms with Gasteiger partial charge in [0, 0.05) is 25.2 Å². The molecule has 1 atom stereocenters. The summed E-state index contributed by atoms with van der Waals surface area (Å²) in [6.07, 6.45) is 3.07. The van der Waals surface area contributed by atoms with Crippen molar-refractivity contribution in [2.24, 2.45) is 5.73 Å². The molecule has 0 radical (unpaired) electrons. The molecule has 24 heavy (non-hydrogen) atoms. The van der Waals surface area contributed by atoms with Gasteiger partial charge in [0.15, 0.2) is 0 Å². The third-order valence-corrected chi connectivity index (χ3v) is 5.65. The lowest BCUT2D eigenvalue weighted by molar-refractivity contribution is 0.0137. The Labute approximate surface area is 141 Å². The molecule has 2 heterocycles. The van der Waals surface area contributed by atoms with Crippen molar-refractivity contribution >= 4 is 13.2 Å². The van der Waals surface area contributed by atoms with Gasteiger partial charge in [-0.25, -0.2) is 4.79 Å². The molecule has 0 aromatic heterocycles. The molecule has 2 aliphatic heterocycles. The number of ether oxygens (including phenoxy) is 1. The van der Waals surface area contributed by atoms with E-state index >= 15 is 0 Å². The average Bonchev–Trinajstić information content (AvgIpc) is 3.37. The van der Waals surface area contributed by atoms with Gasteiger partial charge < -0.3 is 20.7 Å². The van der Waals surface area contributed by atoms with E-state index in [1.54, 1.807) is 12.1 Å². The van der Waals surface area contributed by atoms with Gasteiger partial charge >= 0.3 is 5.97 Å². The minimum Gasteiger partial charge on any atom is -0.507 e. The van der Waals surface area contributed by atoms with Crippen LogP contribution in [0.25, 0.3) is 0 Å². The average molecular weight is 330 g/mol. The van der Waals surface area contributed by atoms with E-state index in [1.165, 1.54) is 0 Å². The first-order chi connectivity index (χ1) is 11.3. The van der Waals surface area contributed by atoms with Crippen LogP contribution in [0.2, 0.25) is 6.32 Å². The maximum Gasteiger partial charge on any atom is 0.343 e. The lowest BCUT2D eigenvalue weighted by Gasteiger charge is -2.40. The SMILES string of the molecule is CC1(c2ccc(OC3CN(CC4(N)CC4)C3)c(C(=O)O)c2O)BC1. The molecule has 4 N–H and O–H groups in total. The zero-order valence-electron chi connectivity index (χ0n) is 13.9. The zero-order valence-corrected chi connectivity index (χ0v) is 13.9. The number of hydrogen-bond acceptors (Lipinski definition) is 5. The molecule has 7 heteroatoms. The summed E-state index contributed by atoms with van der Waals surface area (Å²) in [5, 5.41) is 19.9. The van der Waals surface area contributed by atoms with Gasteiger partial charge in [0.05, 0.1) is 0 Å². The van der Waals surface area contributed by atoms with Crippen molar-refractivity contribution in [1.29, 1.82) is 0 Å². The molecular formula is C17H23BN2O4. The van der Waals surface area contributed by atoms with E-state index in [4.69, 9.17) is 10.5 Å². The van der Waals surface area contributed by atoms with Crippen LogP contribution in [0.4, 0.5) is 0 Å². The predicted octanol–water partition coefficient (Wildman–Crippen LogP) is 0.728. The van der Waals surface area contributed by atoms with Crippen LogP contribution in [-0.2, 0) is 5.31 Å². The van der Waals surface area contributed by atoms with Crippen molar-refractivity contribution in [3.63, 3.8) is 0 Å². The normalized spacial score (nSPS) is 27.9. The molecule has 1 saturated carbocycles. The number of likely N-dealkylation sites (tertiary alicyclic amines) is 1. The van der Waals surface area contributed by atoms with Crippen LogP contribution in [0.5, 0.6) is 11.5 Å². The summed E-state index contributed by atoms with van der Waals surface area (Å²) in [5.74, 6) is -1.04. The Bertz CT molecular complexity index is 694. The molecule has 4 rings (SSSR count). The quantitative estimate of drug-likeness (QED) is 0.666. The van der Waals surface area contributed by atoms with E-state index in [1.807, 2.05) is 6.92 Å². The number of carboxylic acids is 1. The van der Waals surface area contributed by atoms with Crippen LogP contribution in [0, 0.1) is 0 Å². The number of nitrogens with zero attached hydrogens (tertiary/aromatic N) is 1. The van der Waals surface area contributed by atoms with E-state index in [0.717, 1.165) is 46.1 Å². The molecule has 0 amide bonds. The molecule has 1 aromatic carbocycles. The molecule has 0 bridgehead atoms. The summed E-state index contributed by atoms with van der Waals surface area (Å²) >= 11 is 0. The third-order valence-electron chi connectivity index (χ3n) is 5.65. The lowest BCUT2D eigenvalue weighted by atomic mass is 9.81. The van der Waals surface area contributed by atoms with Crippen molar-refractivity contribution in [2.75, 3.05) is 19.6 Å². The second-order valence-electron chi connectivity index (χ2n) is 8.00. The number of carboxylic acid groups (broad SMARTS) is 1. The Morgan fingerprint density at radius 1 is 1.46 bits per heavy atom. The van der Waals surface area contributed by atoms with Crippen LogP contribution >= 0.6 is 0 Å². The Balaban J connectivity index is 1.47. The van der Waals surface area contributed by atoms with Gasteiger partial charge in [-0.2, -0.15) is 0 Å². The van der Waals surface area contributed by atoms with Crippen molar-refractivity contribution in [3.8, 4) is 11.5 Å². The fraction of sp³-hybridized carbons (Fsp3) is 0.588. The zero-order chi connectivity index (χ0) is 17.1. The molecule has 6 nitrogen and oxygen atoms in total. The number of nitrogens with two attached hydrogens (primary N) is 1. The smallest absolute Gasteiger partial charge is 0.343 e. The molecule has 1 aliphatic carbocycles.